The molecule has 0 unspecified atom stereocenters. The molecule has 0 bridgehead atoms. The molecule has 4 heteroatoms. The molecule has 124 valence electrons. The average molecular weight is 313 g/mol. The van der Waals surface area contributed by atoms with E-state index in [2.05, 4.69) is 60.8 Å². The first-order valence-corrected chi connectivity index (χ1v) is 8.61. The summed E-state index contributed by atoms with van der Waals surface area (Å²) in [5.74, 6) is 1.17. The summed E-state index contributed by atoms with van der Waals surface area (Å²) in [6.45, 7) is 8.11. The van der Waals surface area contributed by atoms with Gasteiger partial charge in [-0.3, -0.25) is 4.68 Å². The maximum absolute atomic E-state index is 5.95. The Morgan fingerprint density at radius 2 is 2.13 bits per heavy atom. The van der Waals surface area contributed by atoms with Crippen LogP contribution in [-0.4, -0.2) is 22.9 Å². The number of nitrogens with one attached hydrogen (secondary N) is 1. The topological polar surface area (TPSA) is 39.1 Å². The van der Waals surface area contributed by atoms with E-state index in [0.717, 1.165) is 32.7 Å². The SMILES string of the molecule is CC(C)Cn1cc(CNC[C@H]2CCO[C@@H]2c2ccccc2)cn1. The molecule has 3 rings (SSSR count). The van der Waals surface area contributed by atoms with E-state index in [1.165, 1.54) is 11.1 Å². The van der Waals surface area contributed by atoms with Gasteiger partial charge in [0.15, 0.2) is 0 Å². The van der Waals surface area contributed by atoms with E-state index in [9.17, 15) is 0 Å². The van der Waals surface area contributed by atoms with Crippen molar-refractivity contribution in [3.63, 3.8) is 0 Å². The van der Waals surface area contributed by atoms with Crippen LogP contribution in [0, 0.1) is 11.8 Å². The molecular weight excluding hydrogens is 286 g/mol. The van der Waals surface area contributed by atoms with Crippen molar-refractivity contribution in [3.05, 3.63) is 53.9 Å². The lowest BCUT2D eigenvalue weighted by atomic mass is 9.95. The average Bonchev–Trinajstić information content (AvgIpc) is 3.17. The van der Waals surface area contributed by atoms with Crippen molar-refractivity contribution < 1.29 is 4.74 Å². The summed E-state index contributed by atoms with van der Waals surface area (Å²) in [5, 5.41) is 8.00. The van der Waals surface area contributed by atoms with Crippen LogP contribution in [0.15, 0.2) is 42.7 Å². The van der Waals surface area contributed by atoms with Gasteiger partial charge in [-0.2, -0.15) is 5.10 Å². The zero-order valence-electron chi connectivity index (χ0n) is 14.1. The maximum atomic E-state index is 5.95. The molecule has 2 aromatic rings. The van der Waals surface area contributed by atoms with Crippen molar-refractivity contribution in [2.45, 2.75) is 39.5 Å². The summed E-state index contributed by atoms with van der Waals surface area (Å²) >= 11 is 0. The van der Waals surface area contributed by atoms with E-state index in [0.29, 0.717) is 11.8 Å². The van der Waals surface area contributed by atoms with Crippen LogP contribution in [-0.2, 0) is 17.8 Å². The minimum absolute atomic E-state index is 0.229. The van der Waals surface area contributed by atoms with Crippen LogP contribution in [0.4, 0.5) is 0 Å². The maximum Gasteiger partial charge on any atom is 0.0866 e. The third kappa shape index (κ3) is 4.43. The van der Waals surface area contributed by atoms with Gasteiger partial charge in [-0.15, -0.1) is 0 Å². The Kier molecular flexibility index (Phi) is 5.47. The summed E-state index contributed by atoms with van der Waals surface area (Å²) in [6.07, 6.45) is 5.47. The van der Waals surface area contributed by atoms with Gasteiger partial charge < -0.3 is 10.1 Å². The number of hydrogen-bond donors (Lipinski definition) is 1. The molecule has 0 amide bonds. The van der Waals surface area contributed by atoms with Gasteiger partial charge in [-0.25, -0.2) is 0 Å². The largest absolute Gasteiger partial charge is 0.373 e. The summed E-state index contributed by atoms with van der Waals surface area (Å²) in [5.41, 5.74) is 2.54. The van der Waals surface area contributed by atoms with Crippen molar-refractivity contribution in [3.8, 4) is 0 Å². The standard InChI is InChI=1S/C19H27N3O/c1-15(2)13-22-14-16(11-21-22)10-20-12-18-8-9-23-19(18)17-6-4-3-5-7-17/h3-7,11,14-15,18-20H,8-10,12-13H2,1-2H3/t18-,19-/m1/s1. The Morgan fingerprint density at radius 3 is 2.91 bits per heavy atom. The number of aromatic nitrogens is 2. The molecule has 1 fully saturated rings. The first-order valence-electron chi connectivity index (χ1n) is 8.61. The molecule has 2 heterocycles. The van der Waals surface area contributed by atoms with E-state index >= 15 is 0 Å². The Labute approximate surface area is 138 Å². The summed E-state index contributed by atoms with van der Waals surface area (Å²) < 4.78 is 7.98. The second-order valence-electron chi connectivity index (χ2n) is 6.85. The summed E-state index contributed by atoms with van der Waals surface area (Å²) in [4.78, 5) is 0. The van der Waals surface area contributed by atoms with Crippen LogP contribution in [0.1, 0.15) is 37.5 Å². The number of nitrogens with zero attached hydrogens (tertiary/aromatic N) is 2. The number of benzene rings is 1. The first-order chi connectivity index (χ1) is 11.2. The fraction of sp³-hybridized carbons (Fsp3) is 0.526. The minimum atomic E-state index is 0.229. The summed E-state index contributed by atoms with van der Waals surface area (Å²) in [7, 11) is 0. The predicted molar refractivity (Wildman–Crippen MR) is 92.0 cm³/mol. The van der Waals surface area contributed by atoms with Gasteiger partial charge in [0.05, 0.1) is 12.3 Å². The monoisotopic (exact) mass is 313 g/mol. The molecule has 23 heavy (non-hydrogen) atoms. The molecule has 1 aliphatic heterocycles. The van der Waals surface area contributed by atoms with Gasteiger partial charge in [0.25, 0.3) is 0 Å². The molecule has 4 nitrogen and oxygen atoms in total. The highest BCUT2D eigenvalue weighted by Crippen LogP contribution is 2.33. The highest BCUT2D eigenvalue weighted by atomic mass is 16.5. The van der Waals surface area contributed by atoms with Crippen LogP contribution >= 0.6 is 0 Å². The van der Waals surface area contributed by atoms with Gasteiger partial charge in [0, 0.05) is 43.9 Å². The van der Waals surface area contributed by atoms with Gasteiger partial charge >= 0.3 is 0 Å². The highest BCUT2D eigenvalue weighted by Gasteiger charge is 2.28. The quantitative estimate of drug-likeness (QED) is 0.851. The van der Waals surface area contributed by atoms with Gasteiger partial charge in [-0.05, 0) is 17.9 Å². The van der Waals surface area contributed by atoms with Crippen LogP contribution < -0.4 is 5.32 Å². The zero-order valence-corrected chi connectivity index (χ0v) is 14.1. The van der Waals surface area contributed by atoms with Gasteiger partial charge in [0.1, 0.15) is 0 Å². The molecule has 2 atom stereocenters. The highest BCUT2D eigenvalue weighted by molar-refractivity contribution is 5.19. The third-order valence-corrected chi connectivity index (χ3v) is 4.32. The number of ether oxygens (including phenoxy) is 1. The Balaban J connectivity index is 1.49. The van der Waals surface area contributed by atoms with Gasteiger partial charge in [0.2, 0.25) is 0 Å². The molecular formula is C19H27N3O. The molecule has 1 saturated heterocycles. The Morgan fingerprint density at radius 1 is 1.30 bits per heavy atom. The first kappa shape index (κ1) is 16.2. The number of hydrogen-bond acceptors (Lipinski definition) is 3. The van der Waals surface area contributed by atoms with Gasteiger partial charge in [-0.1, -0.05) is 44.2 Å². The van der Waals surface area contributed by atoms with Crippen molar-refractivity contribution >= 4 is 0 Å². The minimum Gasteiger partial charge on any atom is -0.373 e. The fourth-order valence-corrected chi connectivity index (χ4v) is 3.23. The van der Waals surface area contributed by atoms with Crippen molar-refractivity contribution in [2.75, 3.05) is 13.2 Å². The Hall–Kier alpha value is -1.65. The second-order valence-corrected chi connectivity index (χ2v) is 6.85. The molecule has 1 N–H and O–H groups in total. The lowest BCUT2D eigenvalue weighted by Crippen LogP contribution is -2.24. The molecule has 1 aromatic carbocycles. The molecule has 0 spiro atoms. The molecule has 0 saturated carbocycles. The van der Waals surface area contributed by atoms with E-state index < -0.39 is 0 Å². The second kappa shape index (κ2) is 7.75. The Bertz CT molecular complexity index is 594. The fourth-order valence-electron chi connectivity index (χ4n) is 3.23. The molecule has 1 aliphatic rings. The van der Waals surface area contributed by atoms with Crippen LogP contribution in [0.5, 0.6) is 0 Å². The zero-order chi connectivity index (χ0) is 16.1. The number of rotatable bonds is 7. The van der Waals surface area contributed by atoms with E-state index in [-0.39, 0.29) is 6.10 Å². The van der Waals surface area contributed by atoms with E-state index in [4.69, 9.17) is 4.74 Å². The predicted octanol–water partition coefficient (Wildman–Crippen LogP) is 3.41. The lowest BCUT2D eigenvalue weighted by Gasteiger charge is -2.19. The molecule has 1 aromatic heterocycles. The normalized spacial score (nSPS) is 21.2. The lowest BCUT2D eigenvalue weighted by molar-refractivity contribution is 0.0904. The van der Waals surface area contributed by atoms with Crippen LogP contribution in [0.25, 0.3) is 0 Å². The third-order valence-electron chi connectivity index (χ3n) is 4.32. The van der Waals surface area contributed by atoms with E-state index in [1.807, 2.05) is 10.9 Å². The van der Waals surface area contributed by atoms with Crippen molar-refractivity contribution in [2.24, 2.45) is 11.8 Å². The molecule has 0 radical (unpaired) electrons. The van der Waals surface area contributed by atoms with E-state index in [1.54, 1.807) is 0 Å². The summed E-state index contributed by atoms with van der Waals surface area (Å²) in [6, 6.07) is 10.6. The van der Waals surface area contributed by atoms with Crippen molar-refractivity contribution in [1.29, 1.82) is 0 Å². The molecule has 0 aliphatic carbocycles. The van der Waals surface area contributed by atoms with Crippen LogP contribution in [0.2, 0.25) is 0 Å². The van der Waals surface area contributed by atoms with Crippen molar-refractivity contribution in [1.82, 2.24) is 15.1 Å². The smallest absolute Gasteiger partial charge is 0.0866 e. The van der Waals surface area contributed by atoms with Crippen LogP contribution in [0.3, 0.4) is 0 Å².